The van der Waals surface area contributed by atoms with Gasteiger partial charge in [-0.2, -0.15) is 4.68 Å². The number of likely N-dealkylation sites (N-methyl/N-ethyl adjacent to an activating group) is 1. The first-order chi connectivity index (χ1) is 12.3. The van der Waals surface area contributed by atoms with E-state index in [1.807, 2.05) is 0 Å². The highest BCUT2D eigenvalue weighted by molar-refractivity contribution is 7.91. The van der Waals surface area contributed by atoms with Crippen molar-refractivity contribution in [2.75, 3.05) is 18.1 Å². The highest BCUT2D eigenvalue weighted by Crippen LogP contribution is 2.19. The Kier molecular flexibility index (Phi) is 4.94. The molecule has 1 aliphatic rings. The summed E-state index contributed by atoms with van der Waals surface area (Å²) in [5.41, 5.74) is 0.406. The minimum Gasteiger partial charge on any atom is -0.388 e. The number of sulfone groups is 1. The average Bonchev–Trinajstić information content (AvgIpc) is 3.12. The smallest absolute Gasteiger partial charge is 0.388 e. The van der Waals surface area contributed by atoms with Gasteiger partial charge in [0.05, 0.1) is 11.5 Å². The second-order valence-corrected chi connectivity index (χ2v) is 8.30. The first-order valence-corrected chi connectivity index (χ1v) is 9.95. The Hall–Kier alpha value is -2.49. The normalized spacial score (nSPS) is 18.8. The lowest BCUT2D eigenvalue weighted by Crippen LogP contribution is -2.43. The summed E-state index contributed by atoms with van der Waals surface area (Å²) in [6, 6.07) is 4.84. The summed E-state index contributed by atoms with van der Waals surface area (Å²) >= 11 is 0. The van der Waals surface area contributed by atoms with E-state index < -0.39 is 33.4 Å². The van der Waals surface area contributed by atoms with Gasteiger partial charge >= 0.3 is 5.76 Å². The number of amides is 1. The van der Waals surface area contributed by atoms with Gasteiger partial charge in [-0.3, -0.25) is 4.79 Å². The van der Waals surface area contributed by atoms with Gasteiger partial charge in [0, 0.05) is 18.2 Å². The van der Waals surface area contributed by atoms with Crippen molar-refractivity contribution >= 4 is 15.7 Å². The quantitative estimate of drug-likeness (QED) is 0.752. The Morgan fingerprint density at radius 1 is 1.38 bits per heavy atom. The van der Waals surface area contributed by atoms with Gasteiger partial charge in [-0.15, -0.1) is 5.10 Å². The average molecular weight is 383 g/mol. The predicted molar refractivity (Wildman–Crippen MR) is 90.6 cm³/mol. The van der Waals surface area contributed by atoms with Crippen LogP contribution in [0.25, 0.3) is 11.5 Å². The van der Waals surface area contributed by atoms with Gasteiger partial charge in [0.1, 0.15) is 12.4 Å². The number of benzene rings is 1. The van der Waals surface area contributed by atoms with Gasteiger partial charge in [0.2, 0.25) is 11.8 Å². The minimum absolute atomic E-state index is 0.0192. The van der Waals surface area contributed by atoms with Crippen molar-refractivity contribution in [1.82, 2.24) is 14.7 Å². The second-order valence-electron chi connectivity index (χ2n) is 6.07. The van der Waals surface area contributed by atoms with Crippen LogP contribution in [0.3, 0.4) is 0 Å². The zero-order valence-corrected chi connectivity index (χ0v) is 14.9. The maximum Gasteiger partial charge on any atom is 0.437 e. The van der Waals surface area contributed by atoms with Gasteiger partial charge in [0.25, 0.3) is 0 Å². The molecule has 0 aliphatic carbocycles. The van der Waals surface area contributed by atoms with Crippen LogP contribution in [0.5, 0.6) is 0 Å². The first-order valence-electron chi connectivity index (χ1n) is 8.13. The molecule has 1 amide bonds. The number of aromatic nitrogens is 2. The van der Waals surface area contributed by atoms with Gasteiger partial charge in [-0.25, -0.2) is 17.6 Å². The number of nitrogens with zero attached hydrogens (tertiary/aromatic N) is 3. The van der Waals surface area contributed by atoms with Crippen LogP contribution in [0.2, 0.25) is 0 Å². The first kappa shape index (κ1) is 18.3. The van der Waals surface area contributed by atoms with Crippen LogP contribution in [-0.2, 0) is 21.2 Å². The molecule has 0 N–H and O–H groups in total. The van der Waals surface area contributed by atoms with Crippen molar-refractivity contribution in [2.24, 2.45) is 0 Å². The summed E-state index contributed by atoms with van der Waals surface area (Å²) < 4.78 is 42.1. The molecule has 2 heterocycles. The van der Waals surface area contributed by atoms with E-state index in [1.165, 1.54) is 29.2 Å². The van der Waals surface area contributed by atoms with Gasteiger partial charge in [0.15, 0.2) is 9.84 Å². The second kappa shape index (κ2) is 7.02. The predicted octanol–water partition coefficient (Wildman–Crippen LogP) is 0.678. The number of halogens is 1. The molecule has 2 aromatic rings. The van der Waals surface area contributed by atoms with E-state index in [-0.39, 0.29) is 23.9 Å². The summed E-state index contributed by atoms with van der Waals surface area (Å²) in [6.45, 7) is 1.72. The molecular formula is C16H18FN3O5S. The molecule has 26 heavy (non-hydrogen) atoms. The van der Waals surface area contributed by atoms with Crippen LogP contribution in [0.4, 0.5) is 4.39 Å². The van der Waals surface area contributed by atoms with E-state index in [0.717, 1.165) is 4.68 Å². The zero-order valence-electron chi connectivity index (χ0n) is 14.1. The number of carbonyl (C=O) groups excluding carboxylic acids is 1. The standard InChI is InChI=1S/C16H18FN3O5S/c1-2-19(13-7-8-26(23,24)10-13)14(21)9-20-16(22)25-15(18-20)11-3-5-12(17)6-4-11/h3-6,13H,2,7-10H2,1H3. The van der Waals surface area contributed by atoms with E-state index in [9.17, 15) is 22.4 Å². The Balaban J connectivity index is 1.76. The molecular weight excluding hydrogens is 365 g/mol. The molecule has 1 saturated heterocycles. The number of carbonyl (C=O) groups is 1. The number of rotatable bonds is 5. The Bertz CT molecular complexity index is 965. The fraction of sp³-hybridized carbons (Fsp3) is 0.438. The lowest BCUT2D eigenvalue weighted by atomic mass is 10.2. The van der Waals surface area contributed by atoms with Crippen molar-refractivity contribution < 1.29 is 22.0 Å². The fourth-order valence-electron chi connectivity index (χ4n) is 2.99. The van der Waals surface area contributed by atoms with Gasteiger partial charge < -0.3 is 9.32 Å². The fourth-order valence-corrected chi connectivity index (χ4v) is 4.72. The maximum atomic E-state index is 13.0. The van der Waals surface area contributed by atoms with Crippen LogP contribution in [0.1, 0.15) is 13.3 Å². The molecule has 1 aliphatic heterocycles. The molecule has 3 rings (SSSR count). The minimum atomic E-state index is -3.13. The van der Waals surface area contributed by atoms with Crippen LogP contribution < -0.4 is 5.76 Å². The van der Waals surface area contributed by atoms with Gasteiger partial charge in [-0.05, 0) is 37.6 Å². The largest absolute Gasteiger partial charge is 0.437 e. The van der Waals surface area contributed by atoms with E-state index in [1.54, 1.807) is 6.92 Å². The number of hydrogen-bond acceptors (Lipinski definition) is 6. The van der Waals surface area contributed by atoms with Crippen LogP contribution in [0.15, 0.2) is 33.5 Å². The lowest BCUT2D eigenvalue weighted by Gasteiger charge is -2.26. The summed E-state index contributed by atoms with van der Waals surface area (Å²) in [6.07, 6.45) is 0.385. The molecule has 1 aromatic heterocycles. The molecule has 1 fully saturated rings. The molecule has 1 aromatic carbocycles. The topological polar surface area (TPSA) is 102 Å². The Morgan fingerprint density at radius 2 is 2.08 bits per heavy atom. The van der Waals surface area contributed by atoms with Gasteiger partial charge in [-0.1, -0.05) is 0 Å². The molecule has 1 unspecified atom stereocenters. The van der Waals surface area contributed by atoms with E-state index >= 15 is 0 Å². The third-order valence-corrected chi connectivity index (χ3v) is 6.04. The third-order valence-electron chi connectivity index (χ3n) is 4.29. The zero-order chi connectivity index (χ0) is 18.9. The molecule has 1 atom stereocenters. The Morgan fingerprint density at radius 3 is 2.65 bits per heavy atom. The van der Waals surface area contributed by atoms with E-state index in [4.69, 9.17) is 4.42 Å². The third kappa shape index (κ3) is 3.85. The van der Waals surface area contributed by atoms with E-state index in [2.05, 4.69) is 5.10 Å². The summed E-state index contributed by atoms with van der Waals surface area (Å²) in [7, 11) is -3.13. The molecule has 0 spiro atoms. The molecule has 8 nitrogen and oxygen atoms in total. The summed E-state index contributed by atoms with van der Waals surface area (Å²) in [5.74, 6) is -1.69. The SMILES string of the molecule is CCN(C(=O)Cn1nc(-c2ccc(F)cc2)oc1=O)C1CCS(=O)(=O)C1. The van der Waals surface area contributed by atoms with Crippen molar-refractivity contribution in [2.45, 2.75) is 25.9 Å². The maximum absolute atomic E-state index is 13.0. The molecule has 0 bridgehead atoms. The Labute approximate surface area is 149 Å². The van der Waals surface area contributed by atoms with Crippen LogP contribution >= 0.6 is 0 Å². The highest BCUT2D eigenvalue weighted by atomic mass is 32.2. The molecule has 0 radical (unpaired) electrons. The summed E-state index contributed by atoms with van der Waals surface area (Å²) in [5, 5.41) is 3.97. The van der Waals surface area contributed by atoms with Crippen molar-refractivity contribution in [3.05, 3.63) is 40.6 Å². The highest BCUT2D eigenvalue weighted by Gasteiger charge is 2.34. The summed E-state index contributed by atoms with van der Waals surface area (Å²) in [4.78, 5) is 25.9. The molecule has 140 valence electrons. The van der Waals surface area contributed by atoms with Crippen molar-refractivity contribution in [1.29, 1.82) is 0 Å². The molecule has 10 heteroatoms. The number of hydrogen-bond donors (Lipinski definition) is 0. The lowest BCUT2D eigenvalue weighted by molar-refractivity contribution is -0.133. The molecule has 0 saturated carbocycles. The van der Waals surface area contributed by atoms with Crippen molar-refractivity contribution in [3.8, 4) is 11.5 Å². The van der Waals surface area contributed by atoms with Crippen molar-refractivity contribution in [3.63, 3.8) is 0 Å². The monoisotopic (exact) mass is 383 g/mol. The van der Waals surface area contributed by atoms with E-state index in [0.29, 0.717) is 18.5 Å². The van der Waals surface area contributed by atoms with Crippen LogP contribution in [-0.4, -0.2) is 53.1 Å². The van der Waals surface area contributed by atoms with Crippen LogP contribution in [0, 0.1) is 5.82 Å².